The van der Waals surface area contributed by atoms with Gasteiger partial charge in [-0.15, -0.1) is 11.3 Å². The zero-order valence-corrected chi connectivity index (χ0v) is 22.7. The third-order valence-corrected chi connectivity index (χ3v) is 6.75. The fraction of sp³-hybridized carbons (Fsp3) is 0.600. The highest BCUT2D eigenvalue weighted by atomic mass is 32.1. The van der Waals surface area contributed by atoms with Gasteiger partial charge in [0.25, 0.3) is 0 Å². The highest BCUT2D eigenvalue weighted by Gasteiger charge is 2.50. The zero-order chi connectivity index (χ0) is 27.4. The van der Waals surface area contributed by atoms with Crippen molar-refractivity contribution in [2.75, 3.05) is 6.61 Å². The molecule has 2 N–H and O–H groups in total. The second-order valence-corrected chi connectivity index (χ2v) is 11.1. The number of carbonyl (C=O) groups is 5. The van der Waals surface area contributed by atoms with E-state index in [0.29, 0.717) is 36.4 Å². The first-order chi connectivity index (χ1) is 17.3. The summed E-state index contributed by atoms with van der Waals surface area (Å²) in [6, 6.07) is -0.111. The molecule has 1 saturated carbocycles. The summed E-state index contributed by atoms with van der Waals surface area (Å²) in [4.78, 5) is 67.8. The molecule has 3 amide bonds. The van der Waals surface area contributed by atoms with E-state index in [-0.39, 0.29) is 30.7 Å². The Bertz CT molecular complexity index is 1100. The SMILES string of the molecule is CCOC(=O)c1csc(CNC(=O)CC(=O)C2(NC(=O)/C=C3\CC[C@H](C)N3C(=O)OC(C)(C)C)CC2)n1. The summed E-state index contributed by atoms with van der Waals surface area (Å²) < 4.78 is 10.4. The Morgan fingerprint density at radius 2 is 1.95 bits per heavy atom. The average Bonchev–Trinajstić information content (AvgIpc) is 3.24. The number of hydrogen-bond donors (Lipinski definition) is 2. The lowest BCUT2D eigenvalue weighted by Gasteiger charge is -2.28. The number of ketones is 1. The van der Waals surface area contributed by atoms with Crippen molar-refractivity contribution in [3.05, 3.63) is 27.9 Å². The number of thiazole rings is 1. The molecule has 0 spiro atoms. The third-order valence-electron chi connectivity index (χ3n) is 5.90. The van der Waals surface area contributed by atoms with E-state index in [1.54, 1.807) is 33.1 Å². The summed E-state index contributed by atoms with van der Waals surface area (Å²) in [5, 5.41) is 7.41. The maximum Gasteiger partial charge on any atom is 0.414 e. The van der Waals surface area contributed by atoms with Gasteiger partial charge in [-0.3, -0.25) is 19.3 Å². The van der Waals surface area contributed by atoms with Gasteiger partial charge in [-0.1, -0.05) is 0 Å². The van der Waals surface area contributed by atoms with Crippen molar-refractivity contribution in [3.63, 3.8) is 0 Å². The number of allylic oxidation sites excluding steroid dienone is 1. The lowest BCUT2D eigenvalue weighted by atomic mass is 10.1. The number of amides is 3. The third kappa shape index (κ3) is 7.61. The molecule has 37 heavy (non-hydrogen) atoms. The molecule has 2 aliphatic rings. The first-order valence-corrected chi connectivity index (χ1v) is 13.2. The van der Waals surface area contributed by atoms with Crippen molar-refractivity contribution in [2.24, 2.45) is 0 Å². The van der Waals surface area contributed by atoms with Crippen LogP contribution in [-0.2, 0) is 30.4 Å². The molecule has 11 nitrogen and oxygen atoms in total. The van der Waals surface area contributed by atoms with Gasteiger partial charge in [0.1, 0.15) is 10.6 Å². The Balaban J connectivity index is 1.53. The maximum absolute atomic E-state index is 12.8. The standard InChI is InChI=1S/C25H34N4O7S/c1-6-35-22(33)17-14-37-21(27-17)13-26-19(31)12-18(30)25(9-10-25)28-20(32)11-16-8-7-15(2)29(16)23(34)36-24(3,4)5/h11,14-15H,6-10,12-13H2,1-5H3,(H,26,31)(H,28,32)/b16-11+/t15-/m0/s1. The van der Waals surface area contributed by atoms with Gasteiger partial charge in [-0.05, 0) is 60.3 Å². The quantitative estimate of drug-likeness (QED) is 0.280. The molecule has 1 saturated heterocycles. The number of esters is 1. The van der Waals surface area contributed by atoms with E-state index in [1.165, 1.54) is 22.3 Å². The predicted molar refractivity (Wildman–Crippen MR) is 135 cm³/mol. The number of ether oxygens (including phenoxy) is 2. The van der Waals surface area contributed by atoms with Crippen LogP contribution < -0.4 is 10.6 Å². The molecule has 0 radical (unpaired) electrons. The van der Waals surface area contributed by atoms with Gasteiger partial charge in [0.2, 0.25) is 11.8 Å². The fourth-order valence-corrected chi connectivity index (χ4v) is 4.61. The summed E-state index contributed by atoms with van der Waals surface area (Å²) in [7, 11) is 0. The Kier molecular flexibility index (Phi) is 8.72. The van der Waals surface area contributed by atoms with E-state index in [2.05, 4.69) is 15.6 Å². The summed E-state index contributed by atoms with van der Waals surface area (Å²) in [6.45, 7) is 9.22. The molecule has 0 bridgehead atoms. The first kappa shape index (κ1) is 28.3. The van der Waals surface area contributed by atoms with Crippen molar-refractivity contribution in [1.29, 1.82) is 0 Å². The molecule has 0 unspecified atom stereocenters. The molecule has 2 heterocycles. The number of nitrogens with one attached hydrogen (secondary N) is 2. The minimum absolute atomic E-state index is 0.0698. The van der Waals surface area contributed by atoms with Crippen molar-refractivity contribution in [2.45, 2.75) is 90.4 Å². The molecule has 12 heteroatoms. The molecule has 1 aromatic heterocycles. The van der Waals surface area contributed by atoms with Crippen LogP contribution in [0, 0.1) is 0 Å². The molecule has 1 atom stereocenters. The number of aromatic nitrogens is 1. The Hall–Kier alpha value is -3.28. The monoisotopic (exact) mass is 534 g/mol. The molecular formula is C25H34N4O7S. The van der Waals surface area contributed by atoms with E-state index in [4.69, 9.17) is 9.47 Å². The summed E-state index contributed by atoms with van der Waals surface area (Å²) in [5.74, 6) is -1.91. The molecular weight excluding hydrogens is 500 g/mol. The molecule has 3 rings (SSSR count). The van der Waals surface area contributed by atoms with E-state index in [9.17, 15) is 24.0 Å². The minimum Gasteiger partial charge on any atom is -0.461 e. The number of Topliss-reactive ketones (excluding diaryl/α,β-unsaturated/α-hetero) is 1. The number of likely N-dealkylation sites (tertiary alicyclic amines) is 1. The Morgan fingerprint density at radius 3 is 2.57 bits per heavy atom. The van der Waals surface area contributed by atoms with Gasteiger partial charge in [0, 0.05) is 23.2 Å². The second-order valence-electron chi connectivity index (χ2n) is 10.2. The maximum atomic E-state index is 12.8. The summed E-state index contributed by atoms with van der Waals surface area (Å²) in [6.07, 6.45) is 2.54. The topological polar surface area (TPSA) is 144 Å². The van der Waals surface area contributed by atoms with E-state index in [1.807, 2.05) is 6.92 Å². The zero-order valence-electron chi connectivity index (χ0n) is 21.8. The molecule has 2 fully saturated rings. The van der Waals surface area contributed by atoms with Crippen LogP contribution in [0.1, 0.15) is 82.2 Å². The lowest BCUT2D eigenvalue weighted by molar-refractivity contribution is -0.132. The second kappa shape index (κ2) is 11.4. The van der Waals surface area contributed by atoms with Gasteiger partial charge in [-0.25, -0.2) is 14.6 Å². The van der Waals surface area contributed by atoms with Crippen LogP contribution in [-0.4, -0.2) is 63.3 Å². The van der Waals surface area contributed by atoms with Crippen LogP contribution in [0.4, 0.5) is 4.79 Å². The van der Waals surface area contributed by atoms with Crippen LogP contribution in [0.15, 0.2) is 17.2 Å². The molecule has 202 valence electrons. The first-order valence-electron chi connectivity index (χ1n) is 12.3. The molecule has 0 aromatic carbocycles. The van der Waals surface area contributed by atoms with E-state index >= 15 is 0 Å². The van der Waals surface area contributed by atoms with Crippen LogP contribution in [0.2, 0.25) is 0 Å². The van der Waals surface area contributed by atoms with E-state index < -0.39 is 41.4 Å². The Morgan fingerprint density at radius 1 is 1.24 bits per heavy atom. The van der Waals surface area contributed by atoms with Crippen molar-refractivity contribution in [3.8, 4) is 0 Å². The highest BCUT2D eigenvalue weighted by molar-refractivity contribution is 7.09. The fourth-order valence-electron chi connectivity index (χ4n) is 3.90. The van der Waals surface area contributed by atoms with Crippen LogP contribution in [0.5, 0.6) is 0 Å². The molecule has 1 aromatic rings. The summed E-state index contributed by atoms with van der Waals surface area (Å²) >= 11 is 1.20. The van der Waals surface area contributed by atoms with Gasteiger partial charge in [0.05, 0.1) is 25.1 Å². The van der Waals surface area contributed by atoms with Crippen LogP contribution in [0.25, 0.3) is 0 Å². The normalized spacial score (nSPS) is 19.3. The highest BCUT2D eigenvalue weighted by Crippen LogP contribution is 2.37. The number of hydrogen-bond acceptors (Lipinski definition) is 9. The van der Waals surface area contributed by atoms with Crippen molar-refractivity contribution in [1.82, 2.24) is 20.5 Å². The molecule has 1 aliphatic heterocycles. The van der Waals surface area contributed by atoms with Gasteiger partial charge in [-0.2, -0.15) is 0 Å². The van der Waals surface area contributed by atoms with E-state index in [0.717, 1.165) is 0 Å². The van der Waals surface area contributed by atoms with Crippen LogP contribution >= 0.6 is 11.3 Å². The average molecular weight is 535 g/mol. The van der Waals surface area contributed by atoms with Crippen molar-refractivity contribution >= 4 is 41.0 Å². The Labute approximate surface area is 220 Å². The van der Waals surface area contributed by atoms with Crippen LogP contribution in [0.3, 0.4) is 0 Å². The lowest BCUT2D eigenvalue weighted by Crippen LogP contribution is -2.44. The number of nitrogens with zero attached hydrogens (tertiary/aromatic N) is 2. The van der Waals surface area contributed by atoms with Gasteiger partial charge < -0.3 is 20.1 Å². The number of carbonyl (C=O) groups excluding carboxylic acids is 5. The van der Waals surface area contributed by atoms with Gasteiger partial charge >= 0.3 is 12.1 Å². The summed E-state index contributed by atoms with van der Waals surface area (Å²) in [5.41, 5.74) is -1.04. The molecule has 1 aliphatic carbocycles. The predicted octanol–water partition coefficient (Wildman–Crippen LogP) is 2.85. The van der Waals surface area contributed by atoms with Gasteiger partial charge in [0.15, 0.2) is 11.5 Å². The number of rotatable bonds is 9. The smallest absolute Gasteiger partial charge is 0.414 e. The largest absolute Gasteiger partial charge is 0.461 e. The van der Waals surface area contributed by atoms with Crippen molar-refractivity contribution < 1.29 is 33.4 Å². The minimum atomic E-state index is -1.08.